The van der Waals surface area contributed by atoms with Crippen LogP contribution in [0.3, 0.4) is 0 Å². The summed E-state index contributed by atoms with van der Waals surface area (Å²) in [5, 5.41) is 15.6. The molecular formula is C6H6BN3O2. The maximum Gasteiger partial charge on any atom is 0.269 e. The summed E-state index contributed by atoms with van der Waals surface area (Å²) >= 11 is 0. The third kappa shape index (κ3) is 0.920. The quantitative estimate of drug-likeness (QED) is 0.431. The average Bonchev–Trinajstić information content (AvgIpc) is 2.41. The zero-order valence-corrected chi connectivity index (χ0v) is 6.19. The van der Waals surface area contributed by atoms with Crippen molar-refractivity contribution in [3.05, 3.63) is 11.8 Å². The highest BCUT2D eigenvalue weighted by Crippen LogP contribution is 2.09. The molecule has 0 aliphatic carbocycles. The first kappa shape index (κ1) is 7.36. The van der Waals surface area contributed by atoms with Gasteiger partial charge in [0.25, 0.3) is 5.91 Å². The first-order valence-electron chi connectivity index (χ1n) is 3.50. The van der Waals surface area contributed by atoms with Crippen LogP contribution in [0.4, 0.5) is 0 Å². The van der Waals surface area contributed by atoms with Gasteiger partial charge in [0.05, 0.1) is 6.54 Å². The van der Waals surface area contributed by atoms with Gasteiger partial charge in [-0.1, -0.05) is 0 Å². The molecule has 1 atom stereocenters. The maximum absolute atomic E-state index is 11.1. The summed E-state index contributed by atoms with van der Waals surface area (Å²) in [7, 11) is 5.36. The second kappa shape index (κ2) is 2.35. The van der Waals surface area contributed by atoms with Crippen LogP contribution >= 0.6 is 0 Å². The molecule has 1 aromatic heterocycles. The van der Waals surface area contributed by atoms with E-state index in [1.54, 1.807) is 0 Å². The fraction of sp³-hybridized carbons (Fsp3) is 0.333. The van der Waals surface area contributed by atoms with Gasteiger partial charge >= 0.3 is 0 Å². The minimum Gasteiger partial charge on any atom is -0.370 e. The van der Waals surface area contributed by atoms with Gasteiger partial charge in [-0.25, -0.2) is 4.68 Å². The molecule has 1 unspecified atom stereocenters. The van der Waals surface area contributed by atoms with E-state index in [-0.39, 0.29) is 18.0 Å². The molecular weight excluding hydrogens is 157 g/mol. The van der Waals surface area contributed by atoms with E-state index in [1.807, 2.05) is 0 Å². The molecule has 5 nitrogen and oxygen atoms in total. The summed E-state index contributed by atoms with van der Waals surface area (Å²) < 4.78 is 1.22. The normalized spacial score (nSPS) is 21.8. The van der Waals surface area contributed by atoms with E-state index in [0.717, 1.165) is 0 Å². The molecule has 0 bridgehead atoms. The topological polar surface area (TPSA) is 67.2 Å². The Labute approximate surface area is 69.8 Å². The summed E-state index contributed by atoms with van der Waals surface area (Å²) in [4.78, 5) is 11.1. The molecule has 0 saturated carbocycles. The third-order valence-electron chi connectivity index (χ3n) is 1.71. The average molecular weight is 163 g/mol. The van der Waals surface area contributed by atoms with E-state index < -0.39 is 6.23 Å². The number of fused-ring (bicyclic) bond motifs is 1. The predicted octanol–water partition coefficient (Wildman–Crippen LogP) is -2.09. The van der Waals surface area contributed by atoms with Crippen molar-refractivity contribution in [1.29, 1.82) is 0 Å². The fourth-order valence-corrected chi connectivity index (χ4v) is 1.17. The van der Waals surface area contributed by atoms with Gasteiger partial charge in [0.2, 0.25) is 0 Å². The van der Waals surface area contributed by atoms with Crippen molar-refractivity contribution in [1.82, 2.24) is 15.1 Å². The molecule has 1 aliphatic rings. The predicted molar refractivity (Wildman–Crippen MR) is 41.2 cm³/mol. The molecule has 60 valence electrons. The number of carbonyl (C=O) groups is 1. The number of β-amino-alcohol motifs (C(OH)–C–C–N with tert-alkyl or cyclic N) is 1. The van der Waals surface area contributed by atoms with Gasteiger partial charge in [-0.05, 0) is 6.07 Å². The summed E-state index contributed by atoms with van der Waals surface area (Å²) in [5.41, 5.74) is 0.535. The molecule has 0 spiro atoms. The van der Waals surface area contributed by atoms with Gasteiger partial charge < -0.3 is 10.4 Å². The Morgan fingerprint density at radius 1 is 1.83 bits per heavy atom. The second-order valence-electron chi connectivity index (χ2n) is 2.59. The molecule has 2 N–H and O–H groups in total. The minimum absolute atomic E-state index is 0.174. The Morgan fingerprint density at radius 2 is 2.58 bits per heavy atom. The highest BCUT2D eigenvalue weighted by molar-refractivity contribution is 6.31. The smallest absolute Gasteiger partial charge is 0.269 e. The van der Waals surface area contributed by atoms with Crippen molar-refractivity contribution in [3.8, 4) is 0 Å². The molecule has 0 aromatic carbocycles. The lowest BCUT2D eigenvalue weighted by atomic mass is 10.1. The number of nitrogens with one attached hydrogen (secondary N) is 1. The van der Waals surface area contributed by atoms with Crippen molar-refractivity contribution in [2.75, 3.05) is 6.54 Å². The van der Waals surface area contributed by atoms with Gasteiger partial charge in [0.15, 0.2) is 6.23 Å². The largest absolute Gasteiger partial charge is 0.370 e. The summed E-state index contributed by atoms with van der Waals surface area (Å²) in [6, 6.07) is 1.43. The molecule has 1 aromatic rings. The van der Waals surface area contributed by atoms with Gasteiger partial charge in [-0.15, -0.1) is 0 Å². The van der Waals surface area contributed by atoms with E-state index in [0.29, 0.717) is 5.69 Å². The van der Waals surface area contributed by atoms with E-state index in [1.165, 1.54) is 10.7 Å². The molecule has 2 radical (unpaired) electrons. The molecule has 0 fully saturated rings. The van der Waals surface area contributed by atoms with Crippen LogP contribution in [-0.2, 0) is 0 Å². The molecule has 1 amide bonds. The van der Waals surface area contributed by atoms with E-state index >= 15 is 0 Å². The standard InChI is InChI=1S/C6H6BN3O2/c7-4-1-3-6(12)8-2-5(11)10(3)9-4/h1,5,11H,2H2,(H,8,12). The lowest BCUT2D eigenvalue weighted by Gasteiger charge is -2.19. The highest BCUT2D eigenvalue weighted by atomic mass is 16.3. The van der Waals surface area contributed by atoms with Crippen molar-refractivity contribution in [2.45, 2.75) is 6.23 Å². The lowest BCUT2D eigenvalue weighted by Crippen LogP contribution is -2.39. The van der Waals surface area contributed by atoms with Crippen LogP contribution < -0.4 is 10.9 Å². The first-order valence-corrected chi connectivity index (χ1v) is 3.50. The molecule has 6 heteroatoms. The lowest BCUT2D eigenvalue weighted by molar-refractivity contribution is 0.0595. The van der Waals surface area contributed by atoms with E-state index in [4.69, 9.17) is 7.85 Å². The Kier molecular flexibility index (Phi) is 1.44. The number of amides is 1. The summed E-state index contributed by atoms with van der Waals surface area (Å²) in [6.45, 7) is 0.174. The number of rotatable bonds is 0. The SMILES string of the molecule is [B]c1cc2n(n1)C(O)CNC2=O. The third-order valence-corrected chi connectivity index (χ3v) is 1.71. The van der Waals surface area contributed by atoms with Crippen molar-refractivity contribution >= 4 is 19.3 Å². The number of aromatic nitrogens is 2. The van der Waals surface area contributed by atoms with E-state index in [2.05, 4.69) is 10.4 Å². The van der Waals surface area contributed by atoms with Crippen molar-refractivity contribution < 1.29 is 9.90 Å². The summed E-state index contributed by atoms with van der Waals surface area (Å²) in [5.74, 6) is -0.260. The van der Waals surface area contributed by atoms with Crippen molar-refractivity contribution in [3.63, 3.8) is 0 Å². The molecule has 2 heterocycles. The molecule has 12 heavy (non-hydrogen) atoms. The number of hydrogen-bond donors (Lipinski definition) is 2. The maximum atomic E-state index is 11.1. The number of carbonyl (C=O) groups excluding carboxylic acids is 1. The van der Waals surface area contributed by atoms with Crippen LogP contribution in [0.15, 0.2) is 6.07 Å². The van der Waals surface area contributed by atoms with Gasteiger partial charge in [-0.3, -0.25) is 4.79 Å². The Hall–Kier alpha value is -1.30. The van der Waals surface area contributed by atoms with Crippen LogP contribution in [0.5, 0.6) is 0 Å². The Bertz CT molecular complexity index is 336. The number of aliphatic hydroxyl groups is 1. The Morgan fingerprint density at radius 3 is 3.25 bits per heavy atom. The fourth-order valence-electron chi connectivity index (χ4n) is 1.17. The summed E-state index contributed by atoms with van der Waals surface area (Å²) in [6.07, 6.45) is -0.810. The molecule has 0 saturated heterocycles. The Balaban J connectivity index is 2.54. The van der Waals surface area contributed by atoms with Crippen LogP contribution in [0, 0.1) is 0 Å². The monoisotopic (exact) mass is 163 g/mol. The van der Waals surface area contributed by atoms with Crippen molar-refractivity contribution in [2.24, 2.45) is 0 Å². The zero-order valence-electron chi connectivity index (χ0n) is 6.19. The number of aliphatic hydroxyl groups excluding tert-OH is 1. The molecule has 1 aliphatic heterocycles. The first-order chi connectivity index (χ1) is 5.68. The van der Waals surface area contributed by atoms with Crippen LogP contribution in [0.2, 0.25) is 0 Å². The van der Waals surface area contributed by atoms with Crippen LogP contribution in [0.1, 0.15) is 16.7 Å². The molecule has 2 rings (SSSR count). The van der Waals surface area contributed by atoms with Gasteiger partial charge in [0, 0.05) is 5.59 Å². The number of hydrogen-bond acceptors (Lipinski definition) is 3. The van der Waals surface area contributed by atoms with Gasteiger partial charge in [0.1, 0.15) is 13.5 Å². The zero-order chi connectivity index (χ0) is 8.72. The van der Waals surface area contributed by atoms with Crippen LogP contribution in [0.25, 0.3) is 0 Å². The van der Waals surface area contributed by atoms with Crippen LogP contribution in [-0.4, -0.2) is 35.2 Å². The second-order valence-corrected chi connectivity index (χ2v) is 2.59. The highest BCUT2D eigenvalue weighted by Gasteiger charge is 2.23. The van der Waals surface area contributed by atoms with E-state index in [9.17, 15) is 9.90 Å². The number of nitrogens with zero attached hydrogens (tertiary/aromatic N) is 2. The minimum atomic E-state index is -0.810. The van der Waals surface area contributed by atoms with Gasteiger partial charge in [-0.2, -0.15) is 5.10 Å².